The van der Waals surface area contributed by atoms with Gasteiger partial charge in [0.05, 0.1) is 26.3 Å². The average molecular weight is 354 g/mol. The molecule has 5 heteroatoms. The van der Waals surface area contributed by atoms with Gasteiger partial charge in [-0.3, -0.25) is 4.79 Å². The Labute approximate surface area is 155 Å². The van der Waals surface area contributed by atoms with E-state index in [0.717, 1.165) is 48.9 Å². The summed E-state index contributed by atoms with van der Waals surface area (Å²) in [6.45, 7) is 5.08. The summed E-state index contributed by atoms with van der Waals surface area (Å²) >= 11 is 0. The van der Waals surface area contributed by atoms with Crippen LogP contribution in [-0.2, 0) is 11.2 Å². The number of nitrogens with zero attached hydrogens (tertiary/aromatic N) is 2. The zero-order valence-corrected chi connectivity index (χ0v) is 15.7. The molecule has 0 spiro atoms. The fourth-order valence-corrected chi connectivity index (χ4v) is 3.35. The molecule has 138 valence electrons. The Hall–Kier alpha value is -2.69. The van der Waals surface area contributed by atoms with Crippen molar-refractivity contribution in [3.05, 3.63) is 53.6 Å². The van der Waals surface area contributed by atoms with Gasteiger partial charge in [0.15, 0.2) is 0 Å². The fourth-order valence-electron chi connectivity index (χ4n) is 3.35. The minimum atomic E-state index is 0.192. The summed E-state index contributed by atoms with van der Waals surface area (Å²) in [5.41, 5.74) is 3.31. The second kappa shape index (κ2) is 8.13. The molecule has 0 N–H and O–H groups in total. The van der Waals surface area contributed by atoms with Gasteiger partial charge in [0, 0.05) is 32.2 Å². The number of hydrogen-bond donors (Lipinski definition) is 0. The van der Waals surface area contributed by atoms with Crippen LogP contribution in [0.15, 0.2) is 42.5 Å². The highest BCUT2D eigenvalue weighted by atomic mass is 16.5. The van der Waals surface area contributed by atoms with Crippen LogP contribution in [0.5, 0.6) is 11.5 Å². The maximum absolute atomic E-state index is 12.6. The second-order valence-electron chi connectivity index (χ2n) is 6.57. The number of carbonyl (C=O) groups excluding carboxylic acids is 1. The van der Waals surface area contributed by atoms with Crippen LogP contribution in [0.3, 0.4) is 0 Å². The van der Waals surface area contributed by atoms with Crippen LogP contribution < -0.4 is 14.4 Å². The van der Waals surface area contributed by atoms with E-state index in [4.69, 9.17) is 9.47 Å². The van der Waals surface area contributed by atoms with Crippen molar-refractivity contribution < 1.29 is 14.3 Å². The third kappa shape index (κ3) is 4.10. The Kier molecular flexibility index (Phi) is 5.66. The summed E-state index contributed by atoms with van der Waals surface area (Å²) in [4.78, 5) is 16.8. The van der Waals surface area contributed by atoms with E-state index >= 15 is 0 Å². The number of amides is 1. The van der Waals surface area contributed by atoms with Crippen molar-refractivity contribution in [3.8, 4) is 11.5 Å². The Morgan fingerprint density at radius 1 is 1.00 bits per heavy atom. The van der Waals surface area contributed by atoms with Crippen LogP contribution in [0.4, 0.5) is 5.69 Å². The molecule has 0 unspecified atom stereocenters. The predicted molar refractivity (Wildman–Crippen MR) is 103 cm³/mol. The number of benzene rings is 2. The highest BCUT2D eigenvalue weighted by Gasteiger charge is 2.23. The highest BCUT2D eigenvalue weighted by Crippen LogP contribution is 2.32. The molecular formula is C21H26N2O3. The molecule has 1 fully saturated rings. The topological polar surface area (TPSA) is 42.0 Å². The van der Waals surface area contributed by atoms with Crippen LogP contribution in [0.1, 0.15) is 11.1 Å². The van der Waals surface area contributed by atoms with Crippen molar-refractivity contribution in [3.63, 3.8) is 0 Å². The monoisotopic (exact) mass is 354 g/mol. The summed E-state index contributed by atoms with van der Waals surface area (Å²) in [7, 11) is 3.31. The third-order valence-electron chi connectivity index (χ3n) is 4.80. The van der Waals surface area contributed by atoms with E-state index < -0.39 is 0 Å². The van der Waals surface area contributed by atoms with Gasteiger partial charge in [-0.15, -0.1) is 0 Å². The summed E-state index contributed by atoms with van der Waals surface area (Å²) in [6, 6.07) is 14.0. The van der Waals surface area contributed by atoms with Gasteiger partial charge in [-0.1, -0.05) is 29.8 Å². The first kappa shape index (κ1) is 18.1. The van der Waals surface area contributed by atoms with Crippen LogP contribution in [0.25, 0.3) is 0 Å². The lowest BCUT2D eigenvalue weighted by Gasteiger charge is -2.36. The van der Waals surface area contributed by atoms with Crippen molar-refractivity contribution in [2.24, 2.45) is 0 Å². The molecular weight excluding hydrogens is 328 g/mol. The zero-order valence-electron chi connectivity index (χ0n) is 15.7. The van der Waals surface area contributed by atoms with Gasteiger partial charge in [0.25, 0.3) is 0 Å². The van der Waals surface area contributed by atoms with Gasteiger partial charge < -0.3 is 19.3 Å². The van der Waals surface area contributed by atoms with Crippen molar-refractivity contribution in [1.82, 2.24) is 4.90 Å². The van der Waals surface area contributed by atoms with E-state index in [9.17, 15) is 4.79 Å². The number of carbonyl (C=O) groups is 1. The zero-order chi connectivity index (χ0) is 18.5. The van der Waals surface area contributed by atoms with Gasteiger partial charge >= 0.3 is 0 Å². The Balaban J connectivity index is 1.61. The summed E-state index contributed by atoms with van der Waals surface area (Å²) in [6.07, 6.45) is 0.466. The van der Waals surface area contributed by atoms with Crippen LogP contribution in [0.2, 0.25) is 0 Å². The van der Waals surface area contributed by atoms with Crippen molar-refractivity contribution in [1.29, 1.82) is 0 Å². The summed E-state index contributed by atoms with van der Waals surface area (Å²) < 4.78 is 10.8. The number of ether oxygens (including phenoxy) is 2. The number of methoxy groups -OCH3 is 2. The molecule has 1 aliphatic heterocycles. The second-order valence-corrected chi connectivity index (χ2v) is 6.57. The first-order valence-corrected chi connectivity index (χ1v) is 8.91. The average Bonchev–Trinajstić information content (AvgIpc) is 2.67. The molecule has 0 bridgehead atoms. The summed E-state index contributed by atoms with van der Waals surface area (Å²) in [5, 5.41) is 0. The normalized spacial score (nSPS) is 14.3. The lowest BCUT2D eigenvalue weighted by Crippen LogP contribution is -2.49. The van der Waals surface area contributed by atoms with Crippen molar-refractivity contribution in [2.75, 3.05) is 45.3 Å². The molecule has 1 aliphatic rings. The third-order valence-corrected chi connectivity index (χ3v) is 4.80. The largest absolute Gasteiger partial charge is 0.497 e. The molecule has 2 aromatic carbocycles. The Morgan fingerprint density at radius 3 is 2.42 bits per heavy atom. The maximum atomic E-state index is 12.6. The fraction of sp³-hybridized carbons (Fsp3) is 0.381. The van der Waals surface area contributed by atoms with E-state index in [2.05, 4.69) is 24.0 Å². The first-order chi connectivity index (χ1) is 12.6. The molecule has 1 saturated heterocycles. The van der Waals surface area contributed by atoms with Gasteiger partial charge in [-0.05, 0) is 24.6 Å². The number of anilines is 1. The molecule has 0 aliphatic carbocycles. The predicted octanol–water partition coefficient (Wildman–Crippen LogP) is 2.90. The van der Waals surface area contributed by atoms with Crippen molar-refractivity contribution >= 4 is 11.6 Å². The maximum Gasteiger partial charge on any atom is 0.227 e. The van der Waals surface area contributed by atoms with Crippen LogP contribution >= 0.6 is 0 Å². The first-order valence-electron chi connectivity index (χ1n) is 8.91. The van der Waals surface area contributed by atoms with E-state index in [1.165, 1.54) is 5.56 Å². The number of aryl methyl sites for hydroxylation is 1. The standard InChI is InChI=1S/C21H26N2O3/c1-16-5-4-6-17(13-16)14-21(24)23-11-9-22(10-12-23)19-8-7-18(25-2)15-20(19)26-3/h4-8,13,15H,9-12,14H2,1-3H3. The molecule has 2 aromatic rings. The molecule has 1 amide bonds. The van der Waals surface area contributed by atoms with E-state index in [-0.39, 0.29) is 5.91 Å². The van der Waals surface area contributed by atoms with Crippen LogP contribution in [0, 0.1) is 6.92 Å². The minimum Gasteiger partial charge on any atom is -0.497 e. The Morgan fingerprint density at radius 2 is 1.77 bits per heavy atom. The minimum absolute atomic E-state index is 0.192. The van der Waals surface area contributed by atoms with E-state index in [1.807, 2.05) is 35.2 Å². The van der Waals surface area contributed by atoms with Crippen molar-refractivity contribution in [2.45, 2.75) is 13.3 Å². The molecule has 5 nitrogen and oxygen atoms in total. The lowest BCUT2D eigenvalue weighted by atomic mass is 10.1. The Bertz CT molecular complexity index is 768. The molecule has 0 saturated carbocycles. The number of piperazine rings is 1. The van der Waals surface area contributed by atoms with Crippen LogP contribution in [-0.4, -0.2) is 51.2 Å². The molecule has 0 atom stereocenters. The van der Waals surface area contributed by atoms with Gasteiger partial charge in [0.2, 0.25) is 5.91 Å². The number of hydrogen-bond acceptors (Lipinski definition) is 4. The molecule has 1 heterocycles. The molecule has 0 aromatic heterocycles. The SMILES string of the molecule is COc1ccc(N2CCN(C(=O)Cc3cccc(C)c3)CC2)c(OC)c1. The van der Waals surface area contributed by atoms with Gasteiger partial charge in [-0.2, -0.15) is 0 Å². The highest BCUT2D eigenvalue weighted by molar-refractivity contribution is 5.79. The summed E-state index contributed by atoms with van der Waals surface area (Å²) in [5.74, 6) is 1.76. The number of rotatable bonds is 5. The molecule has 3 rings (SSSR count). The molecule has 26 heavy (non-hydrogen) atoms. The smallest absolute Gasteiger partial charge is 0.227 e. The lowest BCUT2D eigenvalue weighted by molar-refractivity contribution is -0.130. The van der Waals surface area contributed by atoms with Gasteiger partial charge in [0.1, 0.15) is 11.5 Å². The van der Waals surface area contributed by atoms with E-state index in [1.54, 1.807) is 14.2 Å². The molecule has 0 radical (unpaired) electrons. The van der Waals surface area contributed by atoms with E-state index in [0.29, 0.717) is 6.42 Å². The van der Waals surface area contributed by atoms with Gasteiger partial charge in [-0.25, -0.2) is 0 Å². The quantitative estimate of drug-likeness (QED) is 0.828.